The van der Waals surface area contributed by atoms with Crippen LogP contribution in [0.2, 0.25) is 0 Å². The Bertz CT molecular complexity index is 312. The second kappa shape index (κ2) is 3.34. The summed E-state index contributed by atoms with van der Waals surface area (Å²) in [4.78, 5) is 10.5. The molecule has 0 saturated carbocycles. The van der Waals surface area contributed by atoms with Gasteiger partial charge in [0, 0.05) is 5.69 Å². The zero-order valence-corrected chi connectivity index (χ0v) is 7.37. The molecule has 0 saturated heterocycles. The monoisotopic (exact) mass is 164 g/mol. The smallest absolute Gasteiger partial charge is 0.153 e. The zero-order chi connectivity index (χ0) is 9.14. The van der Waals surface area contributed by atoms with E-state index in [2.05, 4.69) is 11.7 Å². The lowest BCUT2D eigenvalue weighted by Gasteiger charge is -2.02. The van der Waals surface area contributed by atoms with Crippen LogP contribution in [0.5, 0.6) is 0 Å². The maximum absolute atomic E-state index is 10.5. The van der Waals surface area contributed by atoms with Gasteiger partial charge < -0.3 is 0 Å². The highest BCUT2D eigenvalue weighted by atomic mass is 16.1. The molecule has 0 atom stereocenters. The number of allylic oxidation sites excluding steroid dienone is 1. The standard InChI is InChI=1S/C9H12N2O/c1-7(2)5-11-8(3)9(6-12)4-10-11/h4,6H,1,5H2,2-3H3. The van der Waals surface area contributed by atoms with Crippen molar-refractivity contribution < 1.29 is 4.79 Å². The van der Waals surface area contributed by atoms with Crippen molar-refractivity contribution in [1.82, 2.24) is 9.78 Å². The van der Waals surface area contributed by atoms with Crippen molar-refractivity contribution in [2.24, 2.45) is 0 Å². The molecule has 0 unspecified atom stereocenters. The van der Waals surface area contributed by atoms with Crippen molar-refractivity contribution in [3.05, 3.63) is 29.6 Å². The third-order valence-electron chi connectivity index (χ3n) is 1.69. The van der Waals surface area contributed by atoms with E-state index in [1.165, 1.54) is 0 Å². The molecule has 1 aromatic rings. The number of nitrogens with zero attached hydrogens (tertiary/aromatic N) is 2. The first-order valence-electron chi connectivity index (χ1n) is 3.77. The van der Waals surface area contributed by atoms with Crippen molar-refractivity contribution in [2.75, 3.05) is 0 Å². The first-order valence-corrected chi connectivity index (χ1v) is 3.77. The maximum atomic E-state index is 10.5. The predicted molar refractivity (Wildman–Crippen MR) is 47.2 cm³/mol. The van der Waals surface area contributed by atoms with Gasteiger partial charge in [-0.1, -0.05) is 12.2 Å². The molecule has 1 aromatic heterocycles. The normalized spacial score (nSPS) is 9.83. The number of aldehydes is 1. The summed E-state index contributed by atoms with van der Waals surface area (Å²) in [6.07, 6.45) is 2.39. The molecule has 0 radical (unpaired) electrons. The Kier molecular flexibility index (Phi) is 2.43. The molecule has 3 heteroatoms. The van der Waals surface area contributed by atoms with Gasteiger partial charge in [0.15, 0.2) is 6.29 Å². The second-order valence-electron chi connectivity index (χ2n) is 2.92. The summed E-state index contributed by atoms with van der Waals surface area (Å²) in [7, 11) is 0. The molecule has 0 amide bonds. The minimum absolute atomic E-state index is 0.649. The minimum atomic E-state index is 0.649. The lowest BCUT2D eigenvalue weighted by atomic mass is 10.3. The van der Waals surface area contributed by atoms with Gasteiger partial charge in [-0.2, -0.15) is 5.10 Å². The molecule has 0 bridgehead atoms. The lowest BCUT2D eigenvalue weighted by molar-refractivity contribution is 0.112. The van der Waals surface area contributed by atoms with Gasteiger partial charge in [-0.3, -0.25) is 9.48 Å². The number of hydrogen-bond donors (Lipinski definition) is 0. The molecule has 0 N–H and O–H groups in total. The van der Waals surface area contributed by atoms with Crippen LogP contribution in [0, 0.1) is 6.92 Å². The van der Waals surface area contributed by atoms with Crippen molar-refractivity contribution in [3.63, 3.8) is 0 Å². The predicted octanol–water partition coefficient (Wildman–Crippen LogP) is 1.58. The van der Waals surface area contributed by atoms with E-state index in [0.717, 1.165) is 17.6 Å². The highest BCUT2D eigenvalue weighted by molar-refractivity contribution is 5.75. The molecule has 64 valence electrons. The summed E-state index contributed by atoms with van der Waals surface area (Å²) < 4.78 is 1.77. The zero-order valence-electron chi connectivity index (χ0n) is 7.37. The fourth-order valence-corrected chi connectivity index (χ4v) is 0.992. The summed E-state index contributed by atoms with van der Waals surface area (Å²) >= 11 is 0. The number of carbonyl (C=O) groups excluding carboxylic acids is 1. The minimum Gasteiger partial charge on any atom is -0.298 e. The molecule has 0 aromatic carbocycles. The summed E-state index contributed by atoms with van der Waals surface area (Å²) in [6.45, 7) is 8.26. The van der Waals surface area contributed by atoms with E-state index in [-0.39, 0.29) is 0 Å². The van der Waals surface area contributed by atoms with Gasteiger partial charge in [-0.15, -0.1) is 0 Å². The quantitative estimate of drug-likeness (QED) is 0.502. The SMILES string of the molecule is C=C(C)Cn1ncc(C=O)c1C. The fraction of sp³-hybridized carbons (Fsp3) is 0.333. The van der Waals surface area contributed by atoms with Crippen LogP contribution in [0.4, 0.5) is 0 Å². The van der Waals surface area contributed by atoms with Crippen molar-refractivity contribution in [3.8, 4) is 0 Å². The van der Waals surface area contributed by atoms with Gasteiger partial charge >= 0.3 is 0 Å². The molecule has 0 spiro atoms. The third kappa shape index (κ3) is 1.61. The molecular formula is C9H12N2O. The van der Waals surface area contributed by atoms with Crippen LogP contribution in [0.3, 0.4) is 0 Å². The molecular weight excluding hydrogens is 152 g/mol. The van der Waals surface area contributed by atoms with Crippen LogP contribution in [0.25, 0.3) is 0 Å². The van der Waals surface area contributed by atoms with Crippen molar-refractivity contribution in [1.29, 1.82) is 0 Å². The largest absolute Gasteiger partial charge is 0.298 e. The first kappa shape index (κ1) is 8.71. The highest BCUT2D eigenvalue weighted by Crippen LogP contribution is 2.05. The number of aromatic nitrogens is 2. The lowest BCUT2D eigenvalue weighted by Crippen LogP contribution is -2.03. The Labute approximate surface area is 71.7 Å². The van der Waals surface area contributed by atoms with E-state index in [0.29, 0.717) is 12.1 Å². The van der Waals surface area contributed by atoms with Crippen LogP contribution < -0.4 is 0 Å². The van der Waals surface area contributed by atoms with E-state index in [4.69, 9.17) is 0 Å². The van der Waals surface area contributed by atoms with Crippen molar-refractivity contribution in [2.45, 2.75) is 20.4 Å². The molecule has 1 rings (SSSR count). The Hall–Kier alpha value is -1.38. The highest BCUT2D eigenvalue weighted by Gasteiger charge is 2.03. The molecule has 12 heavy (non-hydrogen) atoms. The Balaban J connectivity index is 2.94. The summed E-state index contributed by atoms with van der Waals surface area (Å²) in [6, 6.07) is 0. The molecule has 0 aliphatic rings. The average molecular weight is 164 g/mol. The average Bonchev–Trinajstić information content (AvgIpc) is 2.32. The maximum Gasteiger partial charge on any atom is 0.153 e. The molecule has 0 fully saturated rings. The van der Waals surface area contributed by atoms with E-state index in [1.54, 1.807) is 10.9 Å². The van der Waals surface area contributed by atoms with E-state index in [9.17, 15) is 4.79 Å². The fourth-order valence-electron chi connectivity index (χ4n) is 0.992. The van der Waals surface area contributed by atoms with Gasteiger partial charge in [0.05, 0.1) is 18.3 Å². The molecule has 0 aliphatic heterocycles. The van der Waals surface area contributed by atoms with Crippen LogP contribution >= 0.6 is 0 Å². The summed E-state index contributed by atoms with van der Waals surface area (Å²) in [5, 5.41) is 4.05. The molecule has 0 aliphatic carbocycles. The Morgan fingerprint density at radius 3 is 2.92 bits per heavy atom. The Morgan fingerprint density at radius 2 is 2.50 bits per heavy atom. The first-order chi connectivity index (χ1) is 5.65. The third-order valence-corrected chi connectivity index (χ3v) is 1.69. The van der Waals surface area contributed by atoms with Crippen LogP contribution in [0.1, 0.15) is 23.0 Å². The Morgan fingerprint density at radius 1 is 1.83 bits per heavy atom. The van der Waals surface area contributed by atoms with Gasteiger partial charge in [-0.05, 0) is 13.8 Å². The van der Waals surface area contributed by atoms with Crippen LogP contribution in [-0.4, -0.2) is 16.1 Å². The molecule has 3 nitrogen and oxygen atoms in total. The van der Waals surface area contributed by atoms with E-state index >= 15 is 0 Å². The number of rotatable bonds is 3. The van der Waals surface area contributed by atoms with E-state index in [1.807, 2.05) is 13.8 Å². The van der Waals surface area contributed by atoms with Gasteiger partial charge in [0.2, 0.25) is 0 Å². The topological polar surface area (TPSA) is 34.9 Å². The summed E-state index contributed by atoms with van der Waals surface area (Å²) in [5.41, 5.74) is 2.57. The summed E-state index contributed by atoms with van der Waals surface area (Å²) in [5.74, 6) is 0. The number of hydrogen-bond acceptors (Lipinski definition) is 2. The number of carbonyl (C=O) groups is 1. The van der Waals surface area contributed by atoms with E-state index < -0.39 is 0 Å². The van der Waals surface area contributed by atoms with Crippen LogP contribution in [-0.2, 0) is 6.54 Å². The van der Waals surface area contributed by atoms with Crippen molar-refractivity contribution >= 4 is 6.29 Å². The van der Waals surface area contributed by atoms with Gasteiger partial charge in [-0.25, -0.2) is 0 Å². The van der Waals surface area contributed by atoms with Crippen LogP contribution in [0.15, 0.2) is 18.3 Å². The molecule has 1 heterocycles. The van der Waals surface area contributed by atoms with Gasteiger partial charge in [0.1, 0.15) is 0 Å². The second-order valence-corrected chi connectivity index (χ2v) is 2.92. The van der Waals surface area contributed by atoms with Gasteiger partial charge in [0.25, 0.3) is 0 Å².